The molecule has 25 heavy (non-hydrogen) atoms. The Bertz CT molecular complexity index is 476. The molecule has 3 fully saturated rings. The number of unbranched alkanes of at least 4 members (excludes halogenated alkanes) is 1. The number of allylic oxidation sites excluding steroid dienone is 1. The molecular formula is C22H36O3. The zero-order valence-corrected chi connectivity index (χ0v) is 16.3. The molecule has 3 aliphatic rings. The van der Waals surface area contributed by atoms with E-state index in [0.29, 0.717) is 35.6 Å². The Morgan fingerprint density at radius 1 is 1.24 bits per heavy atom. The van der Waals surface area contributed by atoms with Crippen molar-refractivity contribution in [3.8, 4) is 0 Å². The number of Topliss-reactive ketones (excluding diaryl/α,β-unsaturated/α-hetero) is 1. The van der Waals surface area contributed by atoms with Crippen LogP contribution in [0, 0.1) is 29.1 Å². The number of rotatable bonds is 7. The van der Waals surface area contributed by atoms with E-state index in [1.807, 2.05) is 0 Å². The average Bonchev–Trinajstić information content (AvgIpc) is 3.13. The van der Waals surface area contributed by atoms with Crippen LogP contribution in [0.5, 0.6) is 0 Å². The van der Waals surface area contributed by atoms with Crippen molar-refractivity contribution < 1.29 is 14.3 Å². The van der Waals surface area contributed by atoms with Gasteiger partial charge in [-0.2, -0.15) is 0 Å². The van der Waals surface area contributed by atoms with E-state index in [4.69, 9.17) is 9.47 Å². The van der Waals surface area contributed by atoms with E-state index in [2.05, 4.69) is 32.9 Å². The van der Waals surface area contributed by atoms with Gasteiger partial charge >= 0.3 is 0 Å². The van der Waals surface area contributed by atoms with E-state index >= 15 is 0 Å². The van der Waals surface area contributed by atoms with Gasteiger partial charge in [0.15, 0.2) is 6.29 Å². The van der Waals surface area contributed by atoms with Crippen molar-refractivity contribution >= 4 is 5.78 Å². The van der Waals surface area contributed by atoms with E-state index < -0.39 is 0 Å². The zero-order valence-electron chi connectivity index (χ0n) is 16.3. The number of carbonyl (C=O) groups is 1. The van der Waals surface area contributed by atoms with Crippen LogP contribution in [-0.4, -0.2) is 25.3 Å². The first-order chi connectivity index (χ1) is 12.0. The van der Waals surface area contributed by atoms with Crippen molar-refractivity contribution in [2.45, 2.75) is 78.4 Å². The van der Waals surface area contributed by atoms with Gasteiger partial charge in [-0.15, -0.1) is 0 Å². The minimum absolute atomic E-state index is 0.00135. The van der Waals surface area contributed by atoms with Crippen LogP contribution in [0.4, 0.5) is 0 Å². The molecule has 0 aromatic heterocycles. The Balaban J connectivity index is 1.32. The molecule has 3 rings (SSSR count). The lowest BCUT2D eigenvalue weighted by Crippen LogP contribution is -2.22. The molecule has 2 aliphatic carbocycles. The second-order valence-electron chi connectivity index (χ2n) is 9.06. The quantitative estimate of drug-likeness (QED) is 0.472. The van der Waals surface area contributed by atoms with Crippen molar-refractivity contribution in [3.05, 3.63) is 12.2 Å². The minimum atomic E-state index is -0.00135. The molecule has 0 amide bonds. The fraction of sp³-hybridized carbons (Fsp3) is 0.864. The molecule has 1 heterocycles. The van der Waals surface area contributed by atoms with Gasteiger partial charge in [0.1, 0.15) is 5.78 Å². The molecule has 2 saturated carbocycles. The zero-order chi connectivity index (χ0) is 17.9. The number of ether oxygens (including phenoxy) is 2. The highest BCUT2D eigenvalue weighted by Crippen LogP contribution is 2.64. The van der Waals surface area contributed by atoms with Crippen LogP contribution in [0.25, 0.3) is 0 Å². The monoisotopic (exact) mass is 348 g/mol. The summed E-state index contributed by atoms with van der Waals surface area (Å²) in [5.74, 6) is 2.83. The molecule has 0 aromatic carbocycles. The van der Waals surface area contributed by atoms with Crippen molar-refractivity contribution in [1.82, 2.24) is 0 Å². The second kappa shape index (κ2) is 8.35. The van der Waals surface area contributed by atoms with Crippen LogP contribution in [0.1, 0.15) is 72.1 Å². The van der Waals surface area contributed by atoms with Crippen LogP contribution in [-0.2, 0) is 14.3 Å². The molecule has 2 unspecified atom stereocenters. The van der Waals surface area contributed by atoms with E-state index in [1.165, 1.54) is 12.8 Å². The van der Waals surface area contributed by atoms with Crippen molar-refractivity contribution in [1.29, 1.82) is 0 Å². The minimum Gasteiger partial charge on any atom is -0.353 e. The summed E-state index contributed by atoms with van der Waals surface area (Å²) >= 11 is 0. The molecule has 3 nitrogen and oxygen atoms in total. The van der Waals surface area contributed by atoms with Crippen LogP contribution in [0.3, 0.4) is 0 Å². The predicted octanol–water partition coefficient (Wildman–Crippen LogP) is 5.14. The third-order valence-electron chi connectivity index (χ3n) is 7.00. The van der Waals surface area contributed by atoms with Crippen LogP contribution in [0.15, 0.2) is 12.2 Å². The third-order valence-corrected chi connectivity index (χ3v) is 7.00. The lowest BCUT2D eigenvalue weighted by molar-refractivity contribution is -0.155. The molecule has 5 atom stereocenters. The van der Waals surface area contributed by atoms with Gasteiger partial charge in [0, 0.05) is 18.9 Å². The highest BCUT2D eigenvalue weighted by atomic mass is 16.7. The number of carbonyl (C=O) groups excluding carboxylic acids is 1. The molecule has 142 valence electrons. The highest BCUT2D eigenvalue weighted by molar-refractivity contribution is 5.82. The summed E-state index contributed by atoms with van der Waals surface area (Å²) in [4.78, 5) is 12.6. The lowest BCUT2D eigenvalue weighted by atomic mass is 9.81. The van der Waals surface area contributed by atoms with Crippen LogP contribution >= 0.6 is 0 Å². The van der Waals surface area contributed by atoms with Gasteiger partial charge in [-0.1, -0.05) is 32.9 Å². The number of fused-ring (bicyclic) bond motifs is 1. The molecule has 0 bridgehead atoms. The van der Waals surface area contributed by atoms with E-state index in [1.54, 1.807) is 0 Å². The Kier molecular flexibility index (Phi) is 6.38. The summed E-state index contributed by atoms with van der Waals surface area (Å²) in [6, 6.07) is 0. The Morgan fingerprint density at radius 3 is 2.84 bits per heavy atom. The van der Waals surface area contributed by atoms with Gasteiger partial charge in [-0.25, -0.2) is 0 Å². The Morgan fingerprint density at radius 2 is 2.08 bits per heavy atom. The van der Waals surface area contributed by atoms with Crippen LogP contribution in [0.2, 0.25) is 0 Å². The van der Waals surface area contributed by atoms with Gasteiger partial charge in [0.2, 0.25) is 0 Å². The number of hydrogen-bond donors (Lipinski definition) is 0. The summed E-state index contributed by atoms with van der Waals surface area (Å²) < 4.78 is 11.3. The molecule has 0 spiro atoms. The normalized spacial score (nSPS) is 37.7. The Labute approximate surface area is 153 Å². The fourth-order valence-electron chi connectivity index (χ4n) is 5.07. The second-order valence-corrected chi connectivity index (χ2v) is 9.06. The van der Waals surface area contributed by atoms with Gasteiger partial charge < -0.3 is 9.47 Å². The maximum absolute atomic E-state index is 12.6. The van der Waals surface area contributed by atoms with E-state index in [-0.39, 0.29) is 6.29 Å². The smallest absolute Gasteiger partial charge is 0.157 e. The molecule has 0 N–H and O–H groups in total. The summed E-state index contributed by atoms with van der Waals surface area (Å²) in [7, 11) is 0. The molecule has 1 saturated heterocycles. The van der Waals surface area contributed by atoms with Crippen LogP contribution < -0.4 is 0 Å². The van der Waals surface area contributed by atoms with Crippen molar-refractivity contribution in [2.75, 3.05) is 13.2 Å². The van der Waals surface area contributed by atoms with Gasteiger partial charge in [0.25, 0.3) is 0 Å². The number of hydrogen-bond acceptors (Lipinski definition) is 3. The topological polar surface area (TPSA) is 35.5 Å². The lowest BCUT2D eigenvalue weighted by Gasteiger charge is -2.23. The van der Waals surface area contributed by atoms with Gasteiger partial charge in [-0.05, 0) is 68.1 Å². The standard InChI is InChI=1S/C22H36O3/c1-16-14-18-19(22(18,2)3)15-20(23)17(16)10-6-4-5-8-12-24-21-11-7-9-13-25-21/h5,8,16-19,21H,4,6-7,9-15H2,1-3H3/b8-5+/t16-,17?,18-,19+,21?/m1/s1. The third kappa shape index (κ3) is 4.74. The summed E-state index contributed by atoms with van der Waals surface area (Å²) in [5, 5.41) is 0. The van der Waals surface area contributed by atoms with E-state index in [9.17, 15) is 4.79 Å². The summed E-state index contributed by atoms with van der Waals surface area (Å²) in [6.45, 7) is 8.46. The maximum Gasteiger partial charge on any atom is 0.157 e. The highest BCUT2D eigenvalue weighted by Gasteiger charge is 2.59. The molecule has 0 aromatic rings. The SMILES string of the molecule is C[C@@H]1C[C@@H]2[C@H](CC(=O)C1CCC/C=C/COC1CCCCO1)C2(C)C. The van der Waals surface area contributed by atoms with Crippen molar-refractivity contribution in [2.24, 2.45) is 29.1 Å². The molecule has 0 radical (unpaired) electrons. The predicted molar refractivity (Wildman–Crippen MR) is 100 cm³/mol. The number of ketones is 1. The average molecular weight is 349 g/mol. The Hall–Kier alpha value is -0.670. The summed E-state index contributed by atoms with van der Waals surface area (Å²) in [6.07, 6.45) is 13.0. The van der Waals surface area contributed by atoms with Crippen molar-refractivity contribution in [3.63, 3.8) is 0 Å². The molecule has 1 aliphatic heterocycles. The first-order valence-corrected chi connectivity index (χ1v) is 10.4. The first kappa shape index (κ1) is 19.1. The summed E-state index contributed by atoms with van der Waals surface area (Å²) in [5.41, 5.74) is 0.416. The maximum atomic E-state index is 12.6. The van der Waals surface area contributed by atoms with Gasteiger partial charge in [0.05, 0.1) is 6.61 Å². The van der Waals surface area contributed by atoms with Gasteiger partial charge in [-0.3, -0.25) is 4.79 Å². The molecular weight excluding hydrogens is 312 g/mol. The molecule has 3 heteroatoms. The largest absolute Gasteiger partial charge is 0.353 e. The first-order valence-electron chi connectivity index (χ1n) is 10.4. The fourth-order valence-corrected chi connectivity index (χ4v) is 5.07. The van der Waals surface area contributed by atoms with E-state index in [0.717, 1.165) is 51.0 Å².